The normalized spacial score (nSPS) is 11.6. The van der Waals surface area contributed by atoms with Crippen LogP contribution in [0.15, 0.2) is 78.0 Å². The van der Waals surface area contributed by atoms with E-state index in [9.17, 15) is 13.2 Å². The first kappa shape index (κ1) is 22.5. The Morgan fingerprint density at radius 2 is 1.79 bits per heavy atom. The van der Waals surface area contributed by atoms with Gasteiger partial charge in [0.1, 0.15) is 18.0 Å². The summed E-state index contributed by atoms with van der Waals surface area (Å²) in [6.07, 6.45) is 3.82. The summed E-state index contributed by atoms with van der Waals surface area (Å²) in [5.74, 6) is 0.0650. The van der Waals surface area contributed by atoms with E-state index in [2.05, 4.69) is 10.3 Å². The molecule has 33 heavy (non-hydrogen) atoms. The molecule has 0 saturated heterocycles. The molecule has 4 aromatic rings. The van der Waals surface area contributed by atoms with Gasteiger partial charge < -0.3 is 14.5 Å². The maximum Gasteiger partial charge on any atom is 0.259 e. The summed E-state index contributed by atoms with van der Waals surface area (Å²) in [5, 5.41) is 2.79. The molecule has 9 heteroatoms. The van der Waals surface area contributed by atoms with E-state index in [1.54, 1.807) is 36.4 Å². The molecule has 0 aliphatic rings. The quantitative estimate of drug-likeness (QED) is 0.450. The lowest BCUT2D eigenvalue weighted by atomic mass is 10.2. The lowest BCUT2D eigenvalue weighted by molar-refractivity contribution is 0.102. The molecule has 170 valence electrons. The van der Waals surface area contributed by atoms with Crippen LogP contribution in [0.5, 0.6) is 5.75 Å². The van der Waals surface area contributed by atoms with Gasteiger partial charge in [-0.3, -0.25) is 4.79 Å². The van der Waals surface area contributed by atoms with Gasteiger partial charge in [-0.1, -0.05) is 18.2 Å². The Labute approximate surface area is 192 Å². The molecule has 0 radical (unpaired) electrons. The number of para-hydroxylation sites is 1. The van der Waals surface area contributed by atoms with Gasteiger partial charge in [-0.15, -0.1) is 0 Å². The minimum absolute atomic E-state index is 0.150. The van der Waals surface area contributed by atoms with E-state index in [1.807, 2.05) is 35.9 Å². The van der Waals surface area contributed by atoms with Crippen molar-refractivity contribution in [1.29, 1.82) is 0 Å². The van der Waals surface area contributed by atoms with E-state index < -0.39 is 10.0 Å². The van der Waals surface area contributed by atoms with Gasteiger partial charge in [0.05, 0.1) is 16.2 Å². The molecule has 0 aliphatic heterocycles. The highest BCUT2D eigenvalue weighted by Crippen LogP contribution is 2.22. The molecular weight excluding hydrogens is 440 g/mol. The van der Waals surface area contributed by atoms with Crippen molar-refractivity contribution in [3.05, 3.63) is 89.9 Å². The number of carbonyl (C=O) groups excluding carboxylic acids is 1. The number of ether oxygens (including phenoxy) is 1. The lowest BCUT2D eigenvalue weighted by Gasteiger charge is -2.13. The molecule has 0 atom stereocenters. The molecule has 0 spiro atoms. The Morgan fingerprint density at radius 3 is 2.48 bits per heavy atom. The number of pyridine rings is 1. The topological polar surface area (TPSA) is 93.0 Å². The van der Waals surface area contributed by atoms with Gasteiger partial charge in [0, 0.05) is 32.2 Å². The molecule has 4 rings (SSSR count). The summed E-state index contributed by atoms with van der Waals surface area (Å²) >= 11 is 0. The number of nitrogens with zero attached hydrogens (tertiary/aromatic N) is 3. The SMILES string of the molecule is Cc1cccn2cc(COc3ccccc3C(=O)Nc3ccc(S(=O)(=O)N(C)C)cc3)nc12. The average Bonchev–Trinajstić information content (AvgIpc) is 3.23. The Hall–Kier alpha value is -3.69. The third-order valence-corrected chi connectivity index (χ3v) is 6.96. The minimum Gasteiger partial charge on any atom is -0.486 e. The highest BCUT2D eigenvalue weighted by Gasteiger charge is 2.18. The average molecular weight is 465 g/mol. The number of hydrogen-bond acceptors (Lipinski definition) is 5. The van der Waals surface area contributed by atoms with Crippen LogP contribution in [0.1, 0.15) is 21.6 Å². The van der Waals surface area contributed by atoms with Crippen molar-refractivity contribution in [3.63, 3.8) is 0 Å². The molecule has 2 heterocycles. The molecule has 0 saturated carbocycles. The molecule has 2 aromatic carbocycles. The Kier molecular flexibility index (Phi) is 6.17. The summed E-state index contributed by atoms with van der Waals surface area (Å²) < 4.78 is 33.4. The number of benzene rings is 2. The predicted octanol–water partition coefficient (Wildman–Crippen LogP) is 3.72. The van der Waals surface area contributed by atoms with E-state index in [0.717, 1.165) is 21.2 Å². The van der Waals surface area contributed by atoms with Crippen molar-refractivity contribution >= 4 is 27.3 Å². The van der Waals surface area contributed by atoms with Crippen molar-refractivity contribution in [2.24, 2.45) is 0 Å². The highest BCUT2D eigenvalue weighted by molar-refractivity contribution is 7.89. The second kappa shape index (κ2) is 9.05. The zero-order chi connectivity index (χ0) is 23.6. The van der Waals surface area contributed by atoms with Crippen LogP contribution in [0, 0.1) is 6.92 Å². The molecule has 1 N–H and O–H groups in total. The van der Waals surface area contributed by atoms with Crippen LogP contribution in [-0.2, 0) is 16.6 Å². The first-order valence-electron chi connectivity index (χ1n) is 10.2. The smallest absolute Gasteiger partial charge is 0.259 e. The maximum absolute atomic E-state index is 12.9. The van der Waals surface area contributed by atoms with Crippen LogP contribution >= 0.6 is 0 Å². The fourth-order valence-corrected chi connectivity index (χ4v) is 4.23. The number of fused-ring (bicyclic) bond motifs is 1. The number of anilines is 1. The van der Waals surface area contributed by atoms with Gasteiger partial charge >= 0.3 is 0 Å². The third-order valence-electron chi connectivity index (χ3n) is 5.13. The Morgan fingerprint density at radius 1 is 1.06 bits per heavy atom. The fourth-order valence-electron chi connectivity index (χ4n) is 3.33. The van der Waals surface area contributed by atoms with E-state index in [1.165, 1.54) is 26.2 Å². The minimum atomic E-state index is -3.53. The number of rotatable bonds is 7. The third kappa shape index (κ3) is 4.74. The second-order valence-corrected chi connectivity index (χ2v) is 9.86. The van der Waals surface area contributed by atoms with Crippen LogP contribution in [0.2, 0.25) is 0 Å². The number of aromatic nitrogens is 2. The monoisotopic (exact) mass is 464 g/mol. The first-order chi connectivity index (χ1) is 15.8. The van der Waals surface area contributed by atoms with E-state index in [0.29, 0.717) is 17.0 Å². The van der Waals surface area contributed by atoms with Gasteiger partial charge in [0.25, 0.3) is 5.91 Å². The zero-order valence-corrected chi connectivity index (χ0v) is 19.3. The number of sulfonamides is 1. The lowest BCUT2D eigenvalue weighted by Crippen LogP contribution is -2.22. The molecule has 0 fully saturated rings. The number of carbonyl (C=O) groups is 1. The second-order valence-electron chi connectivity index (χ2n) is 7.71. The maximum atomic E-state index is 12.9. The number of aryl methyl sites for hydroxylation is 1. The summed E-state index contributed by atoms with van der Waals surface area (Å²) in [6, 6.07) is 16.9. The van der Waals surface area contributed by atoms with Crippen LogP contribution in [0.4, 0.5) is 5.69 Å². The summed E-state index contributed by atoms with van der Waals surface area (Å²) in [5.41, 5.74) is 3.51. The van der Waals surface area contributed by atoms with Gasteiger partial charge in [-0.05, 0) is 55.0 Å². The summed E-state index contributed by atoms with van der Waals surface area (Å²) in [6.45, 7) is 2.21. The van der Waals surface area contributed by atoms with Crippen molar-refractivity contribution in [2.45, 2.75) is 18.4 Å². The van der Waals surface area contributed by atoms with Gasteiger partial charge in [0.2, 0.25) is 10.0 Å². The molecule has 0 unspecified atom stereocenters. The first-order valence-corrected chi connectivity index (χ1v) is 11.7. The summed E-state index contributed by atoms with van der Waals surface area (Å²) in [4.78, 5) is 17.6. The van der Waals surface area contributed by atoms with Crippen molar-refractivity contribution in [2.75, 3.05) is 19.4 Å². The van der Waals surface area contributed by atoms with Crippen LogP contribution < -0.4 is 10.1 Å². The zero-order valence-electron chi connectivity index (χ0n) is 18.5. The van der Waals surface area contributed by atoms with E-state index in [4.69, 9.17) is 4.74 Å². The molecule has 0 aliphatic carbocycles. The standard InChI is InChI=1S/C24H24N4O4S/c1-17-7-6-14-28-15-19(25-23(17)28)16-32-22-9-5-4-8-21(22)24(29)26-18-10-12-20(13-11-18)33(30,31)27(2)3/h4-15H,16H2,1-3H3,(H,26,29). The number of amides is 1. The van der Waals surface area contributed by atoms with Crippen LogP contribution in [0.25, 0.3) is 5.65 Å². The number of hydrogen-bond donors (Lipinski definition) is 1. The van der Waals surface area contributed by atoms with E-state index in [-0.39, 0.29) is 17.4 Å². The van der Waals surface area contributed by atoms with Crippen molar-refractivity contribution in [3.8, 4) is 5.75 Å². The van der Waals surface area contributed by atoms with Gasteiger partial charge in [-0.25, -0.2) is 17.7 Å². The molecule has 0 bridgehead atoms. The molecule has 1 amide bonds. The van der Waals surface area contributed by atoms with Crippen molar-refractivity contribution in [1.82, 2.24) is 13.7 Å². The molecule has 8 nitrogen and oxygen atoms in total. The van der Waals surface area contributed by atoms with Crippen molar-refractivity contribution < 1.29 is 17.9 Å². The van der Waals surface area contributed by atoms with Gasteiger partial charge in [-0.2, -0.15) is 0 Å². The largest absolute Gasteiger partial charge is 0.486 e. The fraction of sp³-hybridized carbons (Fsp3) is 0.167. The molecule has 2 aromatic heterocycles. The highest BCUT2D eigenvalue weighted by atomic mass is 32.2. The van der Waals surface area contributed by atoms with Crippen LogP contribution in [0.3, 0.4) is 0 Å². The number of nitrogens with one attached hydrogen (secondary N) is 1. The van der Waals surface area contributed by atoms with Crippen LogP contribution in [-0.4, -0.2) is 42.1 Å². The van der Waals surface area contributed by atoms with Gasteiger partial charge in [0.15, 0.2) is 0 Å². The van der Waals surface area contributed by atoms with E-state index >= 15 is 0 Å². The Balaban J connectivity index is 1.48. The Bertz CT molecular complexity index is 1410. The predicted molar refractivity (Wildman–Crippen MR) is 126 cm³/mol. The summed E-state index contributed by atoms with van der Waals surface area (Å²) in [7, 11) is -0.599. The molecular formula is C24H24N4O4S. The number of imidazole rings is 1.